The minimum atomic E-state index is -4.68. The van der Waals surface area contributed by atoms with Gasteiger partial charge in [0.1, 0.15) is 11.6 Å². The zero-order chi connectivity index (χ0) is 31.6. The molecule has 5 rings (SSSR count). The number of rotatable bonds is 10. The van der Waals surface area contributed by atoms with Crippen molar-refractivity contribution in [2.45, 2.75) is 51.4 Å². The number of hydrogen-bond acceptors (Lipinski definition) is 10. The van der Waals surface area contributed by atoms with Gasteiger partial charge in [0, 0.05) is 88.3 Å². The Bertz CT molecular complexity index is 1480. The molecule has 1 aromatic carbocycles. The van der Waals surface area contributed by atoms with Crippen LogP contribution < -0.4 is 44.5 Å². The first-order chi connectivity index (χ1) is 20.9. The summed E-state index contributed by atoms with van der Waals surface area (Å²) in [5.41, 5.74) is 0.132. The van der Waals surface area contributed by atoms with Gasteiger partial charge in [0.2, 0.25) is 5.95 Å². The predicted octanol–water partition coefficient (Wildman–Crippen LogP) is 0.665. The van der Waals surface area contributed by atoms with Crippen molar-refractivity contribution < 1.29 is 57.0 Å². The van der Waals surface area contributed by atoms with Gasteiger partial charge in [0.15, 0.2) is 0 Å². The van der Waals surface area contributed by atoms with Crippen LogP contribution in [0.15, 0.2) is 24.3 Å². The Balaban J connectivity index is 0.00000461. The summed E-state index contributed by atoms with van der Waals surface area (Å²) in [7, 11) is 3.69. The number of aliphatic carboxylic acids is 1. The molecule has 2 aliphatic rings. The molecule has 9 nitrogen and oxygen atoms in total. The van der Waals surface area contributed by atoms with E-state index >= 15 is 0 Å². The Hall–Kier alpha value is -2.36. The maximum Gasteiger partial charge on any atom is 1.00 e. The number of nitrogens with zero attached hydrogens (tertiary/aromatic N) is 7. The van der Waals surface area contributed by atoms with Gasteiger partial charge >= 0.3 is 35.7 Å². The van der Waals surface area contributed by atoms with E-state index in [0.29, 0.717) is 80.1 Å². The van der Waals surface area contributed by atoms with Crippen LogP contribution in [0.1, 0.15) is 47.3 Å². The average Bonchev–Trinajstić information content (AvgIpc) is 3.56. The molecule has 45 heavy (non-hydrogen) atoms. The number of carboxylic acids is 1. The maximum atomic E-state index is 14.4. The van der Waals surface area contributed by atoms with E-state index in [1.54, 1.807) is 0 Å². The van der Waals surface area contributed by atoms with Gasteiger partial charge in [-0.1, -0.05) is 0 Å². The topological polar surface area (TPSA) is 91.8 Å². The molecule has 2 aromatic heterocycles. The first kappa shape index (κ1) is 35.5. The van der Waals surface area contributed by atoms with Gasteiger partial charge in [0.05, 0.1) is 22.0 Å². The van der Waals surface area contributed by atoms with Gasteiger partial charge in [0.25, 0.3) is 0 Å². The molecule has 238 valence electrons. The molecule has 0 unspecified atom stereocenters. The first-order valence-electron chi connectivity index (χ1n) is 14.7. The number of likely N-dealkylation sites (tertiary alicyclic amines) is 1. The van der Waals surface area contributed by atoms with Crippen LogP contribution in [-0.4, -0.2) is 90.1 Å². The van der Waals surface area contributed by atoms with E-state index in [2.05, 4.69) is 21.6 Å². The molecule has 0 saturated carbocycles. The molecule has 1 atom stereocenters. The van der Waals surface area contributed by atoms with Gasteiger partial charge in [-0.15, -0.1) is 11.3 Å². The van der Waals surface area contributed by atoms with Crippen molar-refractivity contribution in [3.63, 3.8) is 0 Å². The summed E-state index contributed by atoms with van der Waals surface area (Å²) in [5.74, 6) is -0.772. The number of thiazole rings is 1. The molecule has 0 N–H and O–H groups in total. The van der Waals surface area contributed by atoms with Gasteiger partial charge in [-0.25, -0.2) is 14.4 Å². The van der Waals surface area contributed by atoms with Crippen LogP contribution in [0, 0.1) is 5.82 Å². The van der Waals surface area contributed by atoms with E-state index in [1.807, 2.05) is 25.1 Å². The SMILES string of the molecule is C[C@@H]1CCCN1Cc1sc(Cc2cc(N3CCN(CCC(=O)[O-])CC3)nc(N(C)C)n2)nc1-c1cc(F)cc(C(F)(F)F)c1.[Na+]. The molecular weight excluding hydrogens is 621 g/mol. The Morgan fingerprint density at radius 2 is 1.80 bits per heavy atom. The van der Waals surface area contributed by atoms with Gasteiger partial charge in [-0.3, -0.25) is 9.80 Å². The van der Waals surface area contributed by atoms with Crippen molar-refractivity contribution in [1.29, 1.82) is 0 Å². The summed E-state index contributed by atoms with van der Waals surface area (Å²) in [6, 6.07) is 4.83. The molecule has 0 bridgehead atoms. The van der Waals surface area contributed by atoms with Crippen LogP contribution in [0.5, 0.6) is 0 Å². The van der Waals surface area contributed by atoms with Crippen molar-refractivity contribution in [3.8, 4) is 11.3 Å². The summed E-state index contributed by atoms with van der Waals surface area (Å²) < 4.78 is 55.2. The van der Waals surface area contributed by atoms with Crippen molar-refractivity contribution >= 4 is 29.1 Å². The summed E-state index contributed by atoms with van der Waals surface area (Å²) in [5, 5.41) is 11.5. The molecule has 15 heteroatoms. The fraction of sp³-hybridized carbons (Fsp3) is 0.533. The number of hydrogen-bond donors (Lipinski definition) is 0. The van der Waals surface area contributed by atoms with Crippen molar-refractivity contribution in [2.24, 2.45) is 0 Å². The zero-order valence-electron chi connectivity index (χ0n) is 26.0. The number of alkyl halides is 3. The van der Waals surface area contributed by atoms with Crippen LogP contribution >= 0.6 is 11.3 Å². The minimum Gasteiger partial charge on any atom is -0.550 e. The van der Waals surface area contributed by atoms with Gasteiger partial charge < -0.3 is 19.7 Å². The summed E-state index contributed by atoms with van der Waals surface area (Å²) in [6.07, 6.45) is -2.28. The van der Waals surface area contributed by atoms with Crippen LogP contribution in [0.3, 0.4) is 0 Å². The molecule has 0 radical (unpaired) electrons. The quantitative estimate of drug-likeness (QED) is 0.231. The monoisotopic (exact) mass is 657 g/mol. The van der Waals surface area contributed by atoms with E-state index < -0.39 is 23.5 Å². The Morgan fingerprint density at radius 1 is 1.07 bits per heavy atom. The summed E-state index contributed by atoms with van der Waals surface area (Å²) in [4.78, 5) is 34.2. The minimum absolute atomic E-state index is 0. The molecule has 0 aliphatic carbocycles. The van der Waals surface area contributed by atoms with E-state index in [9.17, 15) is 27.5 Å². The van der Waals surface area contributed by atoms with Crippen LogP contribution in [0.25, 0.3) is 11.3 Å². The number of benzene rings is 1. The molecule has 0 spiro atoms. The third-order valence-corrected chi connectivity index (χ3v) is 9.13. The molecule has 0 amide bonds. The second-order valence-electron chi connectivity index (χ2n) is 11.6. The number of piperazine rings is 1. The predicted molar refractivity (Wildman–Crippen MR) is 159 cm³/mol. The van der Waals surface area contributed by atoms with Crippen molar-refractivity contribution in [3.05, 3.63) is 51.2 Å². The third kappa shape index (κ3) is 9.13. The molecular formula is C30H36F4N7NaO2S. The van der Waals surface area contributed by atoms with Gasteiger partial charge in [-0.2, -0.15) is 18.2 Å². The molecule has 2 fully saturated rings. The largest absolute Gasteiger partial charge is 1.00 e. The molecule has 4 heterocycles. The van der Waals surface area contributed by atoms with Gasteiger partial charge in [-0.05, 0) is 50.9 Å². The van der Waals surface area contributed by atoms with Crippen LogP contribution in [-0.2, 0) is 23.9 Å². The number of anilines is 2. The van der Waals surface area contributed by atoms with E-state index in [0.717, 1.165) is 42.2 Å². The van der Waals surface area contributed by atoms with Crippen molar-refractivity contribution in [1.82, 2.24) is 24.8 Å². The summed E-state index contributed by atoms with van der Waals surface area (Å²) in [6.45, 7) is 6.67. The second kappa shape index (κ2) is 15.0. The number of halogens is 4. The van der Waals surface area contributed by atoms with Crippen LogP contribution in [0.2, 0.25) is 0 Å². The smallest absolute Gasteiger partial charge is 0.550 e. The Morgan fingerprint density at radius 3 is 2.42 bits per heavy atom. The normalized spacial score (nSPS) is 17.8. The fourth-order valence-corrected chi connectivity index (χ4v) is 6.77. The first-order valence-corrected chi connectivity index (χ1v) is 15.5. The molecule has 2 saturated heterocycles. The summed E-state index contributed by atoms with van der Waals surface area (Å²) >= 11 is 1.42. The number of aromatic nitrogens is 3. The van der Waals surface area contributed by atoms with E-state index in [4.69, 9.17) is 15.0 Å². The number of carbonyl (C=O) groups is 1. The standard InChI is InChI=1S/C30H37F4N7O2S.Na/c1-19-5-4-7-41(19)18-24-28(20-13-21(30(32,33)34)15-22(31)14-20)37-26(44-24)17-23-16-25(36-29(35-23)38(2)3)40-11-9-39(10-12-40)8-6-27(42)43;/h13-16,19H,4-12,17-18H2,1-3H3,(H,42,43);/q;+1/p-1/t19-;/m1./s1. The van der Waals surface area contributed by atoms with Crippen molar-refractivity contribution in [2.75, 3.05) is 63.2 Å². The molecule has 2 aliphatic heterocycles. The fourth-order valence-electron chi connectivity index (χ4n) is 5.64. The Kier molecular flexibility index (Phi) is 11.9. The number of carbonyl (C=O) groups excluding carboxylic acids is 1. The number of carboxylic acid groups (broad SMARTS) is 1. The average molecular weight is 658 g/mol. The van der Waals surface area contributed by atoms with E-state index in [-0.39, 0.29) is 41.5 Å². The molecule has 3 aromatic rings. The third-order valence-electron chi connectivity index (χ3n) is 8.09. The van der Waals surface area contributed by atoms with Crippen LogP contribution in [0.4, 0.5) is 29.3 Å². The maximum absolute atomic E-state index is 14.4. The second-order valence-corrected chi connectivity index (χ2v) is 12.8. The Labute approximate surface area is 286 Å². The zero-order valence-corrected chi connectivity index (χ0v) is 28.8. The van der Waals surface area contributed by atoms with E-state index in [1.165, 1.54) is 11.3 Å².